The second-order valence-corrected chi connectivity index (χ2v) is 10.5. The molecule has 5 nitrogen and oxygen atoms in total. The predicted molar refractivity (Wildman–Crippen MR) is 151 cm³/mol. The molecule has 0 saturated carbocycles. The lowest BCUT2D eigenvalue weighted by atomic mass is 10.0. The number of nitrogens with zero attached hydrogens (tertiary/aromatic N) is 4. The van der Waals surface area contributed by atoms with E-state index in [1.165, 1.54) is 47.7 Å². The monoisotopic (exact) mass is 593 g/mol. The molecule has 0 spiro atoms. The Labute approximate surface area is 243 Å². The van der Waals surface area contributed by atoms with Crippen LogP contribution in [0, 0.1) is 0 Å². The second kappa shape index (κ2) is 11.0. The summed E-state index contributed by atoms with van der Waals surface area (Å²) in [5.41, 5.74) is 1.59. The van der Waals surface area contributed by atoms with Gasteiger partial charge in [0.15, 0.2) is 0 Å². The first kappa shape index (κ1) is 28.6. The van der Waals surface area contributed by atoms with Crippen LogP contribution < -0.4 is 5.32 Å². The van der Waals surface area contributed by atoms with Gasteiger partial charge >= 0.3 is 12.4 Å². The Morgan fingerprint density at radius 3 is 2.37 bits per heavy atom. The number of benzene rings is 3. The van der Waals surface area contributed by atoms with Crippen molar-refractivity contribution < 1.29 is 26.3 Å². The number of aryl methyl sites for hydroxylation is 1. The normalized spacial score (nSPS) is 15.2. The molecule has 5 aromatic rings. The van der Waals surface area contributed by atoms with Gasteiger partial charge in [0.1, 0.15) is 11.6 Å². The minimum atomic E-state index is -4.61. The van der Waals surface area contributed by atoms with Crippen LogP contribution in [0.1, 0.15) is 40.5 Å². The van der Waals surface area contributed by atoms with E-state index in [2.05, 4.69) is 27.3 Å². The molecule has 0 radical (unpaired) electrons. The molecule has 43 heavy (non-hydrogen) atoms. The molecule has 0 bridgehead atoms. The van der Waals surface area contributed by atoms with Gasteiger partial charge in [-0.1, -0.05) is 30.3 Å². The van der Waals surface area contributed by atoms with Crippen LogP contribution in [-0.2, 0) is 25.3 Å². The molecule has 6 rings (SSSR count). The van der Waals surface area contributed by atoms with Crippen LogP contribution in [0.25, 0.3) is 22.2 Å². The van der Waals surface area contributed by atoms with Gasteiger partial charge in [-0.3, -0.25) is 9.88 Å². The number of nitrogens with one attached hydrogen (secondary N) is 1. The Bertz CT molecular complexity index is 1780. The Morgan fingerprint density at radius 2 is 1.63 bits per heavy atom. The third-order valence-electron chi connectivity index (χ3n) is 7.63. The molecule has 0 fully saturated rings. The van der Waals surface area contributed by atoms with Gasteiger partial charge in [0, 0.05) is 28.9 Å². The molecule has 1 N–H and O–H groups in total. The SMILES string of the molecule is CN(Cc1nc(Nc2ccc(C(F)(F)F)cc2)c2ccc(-c3ncccc3C(F)(F)F)cc2n1)C1CCc2ccccc21. The second-order valence-electron chi connectivity index (χ2n) is 10.5. The van der Waals surface area contributed by atoms with Gasteiger partial charge in [-0.05, 0) is 79.5 Å². The third kappa shape index (κ3) is 5.90. The van der Waals surface area contributed by atoms with E-state index >= 15 is 0 Å². The summed E-state index contributed by atoms with van der Waals surface area (Å²) in [6, 6.07) is 19.7. The fourth-order valence-corrected chi connectivity index (χ4v) is 5.56. The molecule has 0 aliphatic heterocycles. The van der Waals surface area contributed by atoms with Crippen LogP contribution in [0.4, 0.5) is 37.8 Å². The quantitative estimate of drug-likeness (QED) is 0.200. The molecule has 2 aromatic heterocycles. The summed E-state index contributed by atoms with van der Waals surface area (Å²) < 4.78 is 80.6. The van der Waals surface area contributed by atoms with Gasteiger partial charge in [0.2, 0.25) is 0 Å². The Hall–Kier alpha value is -4.51. The predicted octanol–water partition coefficient (Wildman–Crippen LogP) is 8.59. The van der Waals surface area contributed by atoms with Crippen molar-refractivity contribution in [3.8, 4) is 11.3 Å². The van der Waals surface area contributed by atoms with Gasteiger partial charge < -0.3 is 5.32 Å². The molecule has 0 saturated heterocycles. The van der Waals surface area contributed by atoms with E-state index in [0.717, 1.165) is 31.0 Å². The first-order valence-corrected chi connectivity index (χ1v) is 13.5. The van der Waals surface area contributed by atoms with E-state index in [1.807, 2.05) is 19.2 Å². The fourth-order valence-electron chi connectivity index (χ4n) is 5.56. The molecule has 2 heterocycles. The molecular weight excluding hydrogens is 568 g/mol. The van der Waals surface area contributed by atoms with Gasteiger partial charge in [0.25, 0.3) is 0 Å². The molecule has 1 aliphatic rings. The first-order chi connectivity index (χ1) is 20.5. The summed E-state index contributed by atoms with van der Waals surface area (Å²) in [5.74, 6) is 0.728. The molecule has 220 valence electrons. The standard InChI is InChI=1S/C32H25F6N5/c1-43(27-15-9-19-5-2-3-6-23(19)27)18-28-41-26-17-20(29-25(32(36,37)38)7-4-16-39-29)8-14-24(26)30(42-28)40-22-12-10-21(11-13-22)31(33,34)35/h2-8,10-14,16-17,27H,9,15,18H2,1H3,(H,40,41,42). The van der Waals surface area contributed by atoms with Crippen LogP contribution in [-0.4, -0.2) is 26.9 Å². The Morgan fingerprint density at radius 1 is 0.860 bits per heavy atom. The summed E-state index contributed by atoms with van der Waals surface area (Å²) >= 11 is 0. The van der Waals surface area contributed by atoms with Crippen LogP contribution >= 0.6 is 0 Å². The molecule has 0 amide bonds. The molecule has 3 aromatic carbocycles. The summed E-state index contributed by atoms with van der Waals surface area (Å²) in [6.45, 7) is 0.332. The van der Waals surface area contributed by atoms with Gasteiger partial charge in [0.05, 0.1) is 28.9 Å². The van der Waals surface area contributed by atoms with E-state index in [9.17, 15) is 26.3 Å². The van der Waals surface area contributed by atoms with Crippen LogP contribution in [0.15, 0.2) is 85.1 Å². The highest BCUT2D eigenvalue weighted by molar-refractivity contribution is 5.93. The maximum absolute atomic E-state index is 13.8. The van der Waals surface area contributed by atoms with Crippen LogP contribution in [0.5, 0.6) is 0 Å². The average molecular weight is 594 g/mol. The van der Waals surface area contributed by atoms with Crippen molar-refractivity contribution in [1.29, 1.82) is 0 Å². The van der Waals surface area contributed by atoms with Crippen molar-refractivity contribution in [2.45, 2.75) is 37.8 Å². The third-order valence-corrected chi connectivity index (χ3v) is 7.63. The van der Waals surface area contributed by atoms with E-state index in [-0.39, 0.29) is 17.3 Å². The summed E-state index contributed by atoms with van der Waals surface area (Å²) in [4.78, 5) is 15.6. The smallest absolute Gasteiger partial charge is 0.340 e. The van der Waals surface area contributed by atoms with Gasteiger partial charge in [-0.15, -0.1) is 0 Å². The number of halogens is 6. The number of hydrogen-bond donors (Lipinski definition) is 1. The lowest BCUT2D eigenvalue weighted by Crippen LogP contribution is -2.24. The average Bonchev–Trinajstić information content (AvgIpc) is 3.41. The van der Waals surface area contributed by atoms with Crippen molar-refractivity contribution in [2.24, 2.45) is 0 Å². The number of rotatable bonds is 6. The fraction of sp³-hybridized carbons (Fsp3) is 0.219. The molecule has 1 aliphatic carbocycles. The van der Waals surface area contributed by atoms with Crippen molar-refractivity contribution in [1.82, 2.24) is 19.9 Å². The minimum absolute atomic E-state index is 0.135. The minimum Gasteiger partial charge on any atom is -0.340 e. The summed E-state index contributed by atoms with van der Waals surface area (Å²) in [6.07, 6.45) is -5.92. The maximum atomic E-state index is 13.8. The Kier molecular flexibility index (Phi) is 7.29. The van der Waals surface area contributed by atoms with Gasteiger partial charge in [-0.2, -0.15) is 26.3 Å². The molecule has 11 heteroatoms. The topological polar surface area (TPSA) is 53.9 Å². The molecular formula is C32H25F6N5. The lowest BCUT2D eigenvalue weighted by Gasteiger charge is -2.25. The number of alkyl halides is 6. The number of anilines is 2. The zero-order valence-electron chi connectivity index (χ0n) is 22.8. The first-order valence-electron chi connectivity index (χ1n) is 13.5. The van der Waals surface area contributed by atoms with Crippen LogP contribution in [0.3, 0.4) is 0 Å². The Balaban J connectivity index is 1.41. The van der Waals surface area contributed by atoms with Crippen LogP contribution in [0.2, 0.25) is 0 Å². The largest absolute Gasteiger partial charge is 0.418 e. The van der Waals surface area contributed by atoms with E-state index in [0.29, 0.717) is 34.8 Å². The molecule has 1 unspecified atom stereocenters. The van der Waals surface area contributed by atoms with E-state index in [1.54, 1.807) is 6.07 Å². The highest BCUT2D eigenvalue weighted by Gasteiger charge is 2.34. The van der Waals surface area contributed by atoms with Crippen molar-refractivity contribution in [2.75, 3.05) is 12.4 Å². The number of aromatic nitrogens is 3. The summed E-state index contributed by atoms with van der Waals surface area (Å²) in [7, 11) is 1.96. The molecule has 1 atom stereocenters. The zero-order valence-corrected chi connectivity index (χ0v) is 22.8. The van der Waals surface area contributed by atoms with Crippen molar-refractivity contribution in [3.63, 3.8) is 0 Å². The van der Waals surface area contributed by atoms with E-state index in [4.69, 9.17) is 9.97 Å². The summed E-state index contributed by atoms with van der Waals surface area (Å²) in [5, 5.41) is 3.58. The van der Waals surface area contributed by atoms with Crippen molar-refractivity contribution >= 4 is 22.4 Å². The number of pyridine rings is 1. The number of hydrogen-bond acceptors (Lipinski definition) is 5. The highest BCUT2D eigenvalue weighted by Crippen LogP contribution is 2.38. The highest BCUT2D eigenvalue weighted by atomic mass is 19.4. The number of fused-ring (bicyclic) bond motifs is 2. The van der Waals surface area contributed by atoms with Crippen molar-refractivity contribution in [3.05, 3.63) is 113 Å². The lowest BCUT2D eigenvalue weighted by molar-refractivity contribution is -0.138. The maximum Gasteiger partial charge on any atom is 0.418 e. The van der Waals surface area contributed by atoms with E-state index < -0.39 is 23.5 Å². The van der Waals surface area contributed by atoms with Gasteiger partial charge in [-0.25, -0.2) is 9.97 Å². The zero-order chi connectivity index (χ0) is 30.4.